The molecule has 3 aliphatic heterocycles. The summed E-state index contributed by atoms with van der Waals surface area (Å²) in [6, 6.07) is 4.63. The SMILES string of the molecule is CCC1CCN(S(=O)(=O)NCc2ccc3c(c2)C(=O)N(C2CCC(=O)NC2=O)C3)CC1. The van der Waals surface area contributed by atoms with E-state index in [1.54, 1.807) is 18.2 Å². The number of carbonyl (C=O) groups excluding carboxylic acids is 3. The van der Waals surface area contributed by atoms with Crippen LogP contribution in [-0.2, 0) is 32.9 Å². The van der Waals surface area contributed by atoms with Gasteiger partial charge in [-0.1, -0.05) is 25.5 Å². The molecule has 1 aromatic rings. The van der Waals surface area contributed by atoms with Crippen molar-refractivity contribution in [1.82, 2.24) is 19.2 Å². The highest BCUT2D eigenvalue weighted by Crippen LogP contribution is 2.28. The number of nitrogens with zero attached hydrogens (tertiary/aromatic N) is 2. The van der Waals surface area contributed by atoms with Gasteiger partial charge in [-0.15, -0.1) is 0 Å². The zero-order chi connectivity index (χ0) is 22.2. The number of imide groups is 1. The Morgan fingerprint density at radius 3 is 2.55 bits per heavy atom. The zero-order valence-electron chi connectivity index (χ0n) is 17.6. The van der Waals surface area contributed by atoms with Crippen molar-refractivity contribution in [3.05, 3.63) is 34.9 Å². The molecule has 0 radical (unpaired) electrons. The average Bonchev–Trinajstić information content (AvgIpc) is 3.08. The van der Waals surface area contributed by atoms with Gasteiger partial charge in [-0.25, -0.2) is 0 Å². The lowest BCUT2D eigenvalue weighted by molar-refractivity contribution is -0.136. The Morgan fingerprint density at radius 1 is 1.13 bits per heavy atom. The first kappa shape index (κ1) is 21.9. The summed E-state index contributed by atoms with van der Waals surface area (Å²) in [6.07, 6.45) is 3.34. The van der Waals surface area contributed by atoms with Crippen LogP contribution in [0.3, 0.4) is 0 Å². The Kier molecular flexibility index (Phi) is 6.14. The van der Waals surface area contributed by atoms with E-state index in [1.807, 2.05) is 0 Å². The maximum atomic E-state index is 12.9. The molecule has 0 aromatic heterocycles. The van der Waals surface area contributed by atoms with E-state index in [2.05, 4.69) is 17.0 Å². The van der Waals surface area contributed by atoms with Crippen molar-refractivity contribution in [3.63, 3.8) is 0 Å². The Morgan fingerprint density at radius 2 is 1.87 bits per heavy atom. The van der Waals surface area contributed by atoms with E-state index in [4.69, 9.17) is 0 Å². The molecule has 0 saturated carbocycles. The number of carbonyl (C=O) groups is 3. The van der Waals surface area contributed by atoms with E-state index < -0.39 is 22.2 Å². The maximum Gasteiger partial charge on any atom is 0.279 e. The lowest BCUT2D eigenvalue weighted by Crippen LogP contribution is -2.52. The molecule has 168 valence electrons. The van der Waals surface area contributed by atoms with Crippen molar-refractivity contribution in [2.24, 2.45) is 5.92 Å². The number of hydrogen-bond donors (Lipinski definition) is 2. The molecule has 9 nitrogen and oxygen atoms in total. The molecule has 3 aliphatic rings. The largest absolute Gasteiger partial charge is 0.322 e. The molecular weight excluding hydrogens is 420 g/mol. The Hall–Kier alpha value is -2.30. The van der Waals surface area contributed by atoms with E-state index in [9.17, 15) is 22.8 Å². The molecule has 3 amide bonds. The number of nitrogens with one attached hydrogen (secondary N) is 2. The standard InChI is InChI=1S/C21H28N4O5S/c1-2-14-7-9-24(10-8-14)31(29,30)22-12-15-3-4-16-13-25(21(28)17(16)11-15)18-5-6-19(26)23-20(18)27/h3-4,11,14,18,22H,2,5-10,12-13H2,1H3,(H,23,26,27). The number of fused-ring (bicyclic) bond motifs is 1. The molecule has 1 atom stereocenters. The number of amides is 3. The van der Waals surface area contributed by atoms with E-state index in [0.717, 1.165) is 24.8 Å². The molecule has 2 saturated heterocycles. The highest BCUT2D eigenvalue weighted by Gasteiger charge is 2.39. The quantitative estimate of drug-likeness (QED) is 0.628. The van der Waals surface area contributed by atoms with E-state index >= 15 is 0 Å². The fourth-order valence-corrected chi connectivity index (χ4v) is 5.76. The van der Waals surface area contributed by atoms with Crippen molar-refractivity contribution in [2.45, 2.75) is 58.2 Å². The summed E-state index contributed by atoms with van der Waals surface area (Å²) in [5.74, 6) is -0.450. The smallest absolute Gasteiger partial charge is 0.279 e. The van der Waals surface area contributed by atoms with Gasteiger partial charge < -0.3 is 4.90 Å². The van der Waals surface area contributed by atoms with Gasteiger partial charge in [0.15, 0.2) is 0 Å². The van der Waals surface area contributed by atoms with Crippen molar-refractivity contribution in [1.29, 1.82) is 0 Å². The van der Waals surface area contributed by atoms with Gasteiger partial charge in [-0.3, -0.25) is 19.7 Å². The van der Waals surface area contributed by atoms with Gasteiger partial charge in [0.05, 0.1) is 0 Å². The molecule has 0 spiro atoms. The van der Waals surface area contributed by atoms with Crippen LogP contribution in [-0.4, -0.2) is 54.5 Å². The predicted molar refractivity (Wildman–Crippen MR) is 113 cm³/mol. The van der Waals surface area contributed by atoms with Gasteiger partial charge in [0.2, 0.25) is 11.8 Å². The molecule has 4 rings (SSSR count). The van der Waals surface area contributed by atoms with Crippen molar-refractivity contribution in [3.8, 4) is 0 Å². The van der Waals surface area contributed by atoms with Gasteiger partial charge in [-0.2, -0.15) is 17.4 Å². The molecule has 1 unspecified atom stereocenters. The summed E-state index contributed by atoms with van der Waals surface area (Å²) in [6.45, 7) is 3.58. The summed E-state index contributed by atoms with van der Waals surface area (Å²) in [7, 11) is -3.58. The molecule has 2 fully saturated rings. The molecule has 10 heteroatoms. The van der Waals surface area contributed by atoms with Crippen molar-refractivity contribution < 1.29 is 22.8 Å². The minimum Gasteiger partial charge on any atom is -0.322 e. The van der Waals surface area contributed by atoms with Crippen molar-refractivity contribution >= 4 is 27.9 Å². The summed E-state index contributed by atoms with van der Waals surface area (Å²) >= 11 is 0. The van der Waals surface area contributed by atoms with E-state index in [0.29, 0.717) is 43.1 Å². The second-order valence-corrected chi connectivity index (χ2v) is 10.2. The normalized spacial score (nSPS) is 23.2. The van der Waals surface area contributed by atoms with Gasteiger partial charge in [0, 0.05) is 38.2 Å². The van der Waals surface area contributed by atoms with Crippen LogP contribution in [0.5, 0.6) is 0 Å². The summed E-state index contributed by atoms with van der Waals surface area (Å²) in [5.41, 5.74) is 1.96. The van der Waals surface area contributed by atoms with Crippen LogP contribution in [0.25, 0.3) is 0 Å². The molecule has 0 bridgehead atoms. The van der Waals surface area contributed by atoms with E-state index in [-0.39, 0.29) is 24.8 Å². The second-order valence-electron chi connectivity index (χ2n) is 8.47. The Balaban J connectivity index is 1.40. The zero-order valence-corrected chi connectivity index (χ0v) is 18.4. The molecule has 1 aromatic carbocycles. The maximum absolute atomic E-state index is 12.9. The van der Waals surface area contributed by atoms with Crippen LogP contribution < -0.4 is 10.0 Å². The topological polar surface area (TPSA) is 116 Å². The van der Waals surface area contributed by atoms with Crippen LogP contribution in [0.4, 0.5) is 0 Å². The van der Waals surface area contributed by atoms with Gasteiger partial charge in [-0.05, 0) is 42.4 Å². The first-order valence-electron chi connectivity index (χ1n) is 10.8. The Bertz CT molecular complexity index is 1000. The lowest BCUT2D eigenvalue weighted by Gasteiger charge is -2.30. The summed E-state index contributed by atoms with van der Waals surface area (Å²) in [4.78, 5) is 37.9. The monoisotopic (exact) mass is 448 g/mol. The molecule has 0 aliphatic carbocycles. The van der Waals surface area contributed by atoms with Crippen LogP contribution in [0.1, 0.15) is 60.5 Å². The minimum atomic E-state index is -3.58. The molecule has 31 heavy (non-hydrogen) atoms. The number of hydrogen-bond acceptors (Lipinski definition) is 5. The van der Waals surface area contributed by atoms with Gasteiger partial charge in [0.1, 0.15) is 6.04 Å². The van der Waals surface area contributed by atoms with Crippen LogP contribution >= 0.6 is 0 Å². The molecule has 2 N–H and O–H groups in total. The average molecular weight is 449 g/mol. The van der Waals surface area contributed by atoms with Gasteiger partial charge >= 0.3 is 0 Å². The van der Waals surface area contributed by atoms with Crippen LogP contribution in [0.15, 0.2) is 18.2 Å². The third kappa shape index (κ3) is 4.51. The molecule has 3 heterocycles. The lowest BCUT2D eigenvalue weighted by atomic mass is 9.96. The summed E-state index contributed by atoms with van der Waals surface area (Å²) in [5, 5.41) is 2.29. The number of piperidine rings is 2. The van der Waals surface area contributed by atoms with Gasteiger partial charge in [0.25, 0.3) is 16.1 Å². The van der Waals surface area contributed by atoms with Crippen LogP contribution in [0.2, 0.25) is 0 Å². The Labute approximate surface area is 182 Å². The van der Waals surface area contributed by atoms with Crippen molar-refractivity contribution in [2.75, 3.05) is 13.1 Å². The molecular formula is C21H28N4O5S. The first-order valence-corrected chi connectivity index (χ1v) is 12.2. The third-order valence-corrected chi connectivity index (χ3v) is 8.10. The van der Waals surface area contributed by atoms with Crippen LogP contribution in [0, 0.1) is 5.92 Å². The fourth-order valence-electron chi connectivity index (χ4n) is 4.54. The highest BCUT2D eigenvalue weighted by molar-refractivity contribution is 7.87. The third-order valence-electron chi connectivity index (χ3n) is 6.54. The second kappa shape index (κ2) is 8.68. The predicted octanol–water partition coefficient (Wildman–Crippen LogP) is 0.904. The summed E-state index contributed by atoms with van der Waals surface area (Å²) < 4.78 is 29.4. The highest BCUT2D eigenvalue weighted by atomic mass is 32.2. The van der Waals surface area contributed by atoms with E-state index in [1.165, 1.54) is 9.21 Å². The first-order chi connectivity index (χ1) is 14.8. The number of benzene rings is 1. The number of rotatable bonds is 6. The minimum absolute atomic E-state index is 0.0923. The fraction of sp³-hybridized carbons (Fsp3) is 0.571.